The van der Waals surface area contributed by atoms with Gasteiger partial charge in [-0.3, -0.25) is 0 Å². The van der Waals surface area contributed by atoms with E-state index in [9.17, 15) is 4.79 Å². The van der Waals surface area contributed by atoms with Crippen LogP contribution in [0, 0.1) is 0 Å². The molecule has 4 heteroatoms. The topological polar surface area (TPSA) is 26.3 Å². The maximum Gasteiger partial charge on any atom is 0.330 e. The van der Waals surface area contributed by atoms with Crippen LogP contribution in [0.25, 0.3) is 0 Å². The average molecular weight is 229 g/mol. The molecule has 0 rings (SSSR count). The maximum atomic E-state index is 10.5. The van der Waals surface area contributed by atoms with Gasteiger partial charge in [-0.2, -0.15) is 0 Å². The van der Waals surface area contributed by atoms with Crippen molar-refractivity contribution in [1.29, 1.82) is 0 Å². The third kappa shape index (κ3) is 14.6. The minimum Gasteiger partial charge on any atom is -0.463 e. The second kappa shape index (κ2) is 14.3. The first-order chi connectivity index (χ1) is 5.31. The molecule has 0 aromatic carbocycles. The normalized spacial score (nSPS) is 7.77. The van der Waals surface area contributed by atoms with Gasteiger partial charge in [-0.15, -0.1) is 24.8 Å². The summed E-state index contributed by atoms with van der Waals surface area (Å²) < 4.78 is 4.78. The maximum absolute atomic E-state index is 10.5. The monoisotopic (exact) mass is 228 g/mol. The van der Waals surface area contributed by atoms with Crippen LogP contribution < -0.4 is 0 Å². The highest BCUT2D eigenvalue weighted by atomic mass is 35.5. The van der Waals surface area contributed by atoms with E-state index in [1.165, 1.54) is 18.9 Å². The van der Waals surface area contributed by atoms with Crippen molar-refractivity contribution >= 4 is 30.8 Å². The Labute approximate surface area is 92.6 Å². The molecule has 0 fully saturated rings. The Hall–Kier alpha value is -0.210. The molecule has 0 heterocycles. The number of hydrogen-bond acceptors (Lipinski definition) is 2. The van der Waals surface area contributed by atoms with E-state index in [2.05, 4.69) is 13.5 Å². The molecule has 0 aliphatic rings. The summed E-state index contributed by atoms with van der Waals surface area (Å²) in [6, 6.07) is 0. The number of unbranched alkanes of at least 4 members (excludes halogenated alkanes) is 3. The van der Waals surface area contributed by atoms with Gasteiger partial charge in [0, 0.05) is 6.08 Å². The zero-order valence-electron chi connectivity index (χ0n) is 7.95. The molecule has 0 aliphatic heterocycles. The quantitative estimate of drug-likeness (QED) is 0.397. The van der Waals surface area contributed by atoms with Crippen molar-refractivity contribution in [2.45, 2.75) is 32.6 Å². The predicted octanol–water partition coefficient (Wildman–Crippen LogP) is 3.14. The van der Waals surface area contributed by atoms with E-state index >= 15 is 0 Å². The van der Waals surface area contributed by atoms with Crippen molar-refractivity contribution < 1.29 is 9.53 Å². The van der Waals surface area contributed by atoms with Crippen LogP contribution in [0.5, 0.6) is 0 Å². The first-order valence-corrected chi connectivity index (χ1v) is 4.10. The lowest BCUT2D eigenvalue weighted by Gasteiger charge is -1.99. The van der Waals surface area contributed by atoms with Crippen molar-refractivity contribution in [3.05, 3.63) is 12.7 Å². The van der Waals surface area contributed by atoms with Gasteiger partial charge in [-0.25, -0.2) is 4.79 Å². The molecule has 0 saturated carbocycles. The van der Waals surface area contributed by atoms with Crippen LogP contribution in [0.2, 0.25) is 0 Å². The molecule has 0 bridgehead atoms. The second-order valence-corrected chi connectivity index (χ2v) is 2.43. The standard InChI is InChI=1S/C9H16O2.2ClH/c1-3-5-6-7-8-11-9(10)4-2;;/h4H,2-3,5-8H2,1H3;2*1H. The van der Waals surface area contributed by atoms with E-state index < -0.39 is 0 Å². The molecule has 0 aliphatic carbocycles. The molecule has 0 aromatic heterocycles. The summed E-state index contributed by atoms with van der Waals surface area (Å²) in [6.07, 6.45) is 5.72. The van der Waals surface area contributed by atoms with Crippen molar-refractivity contribution in [3.63, 3.8) is 0 Å². The zero-order valence-corrected chi connectivity index (χ0v) is 9.59. The van der Waals surface area contributed by atoms with Crippen molar-refractivity contribution in [2.75, 3.05) is 6.61 Å². The minimum absolute atomic E-state index is 0. The first-order valence-electron chi connectivity index (χ1n) is 4.10. The molecule has 0 spiro atoms. The Morgan fingerprint density at radius 2 is 1.92 bits per heavy atom. The molecule has 0 unspecified atom stereocenters. The lowest BCUT2D eigenvalue weighted by atomic mass is 10.2. The third-order valence-corrected chi connectivity index (χ3v) is 1.41. The molecule has 0 aromatic rings. The predicted molar refractivity (Wildman–Crippen MR) is 59.8 cm³/mol. The summed E-state index contributed by atoms with van der Waals surface area (Å²) in [5.74, 6) is -0.318. The van der Waals surface area contributed by atoms with Gasteiger partial charge in [0.05, 0.1) is 6.61 Å². The van der Waals surface area contributed by atoms with Gasteiger partial charge in [-0.1, -0.05) is 32.8 Å². The highest BCUT2D eigenvalue weighted by molar-refractivity contribution is 5.85. The van der Waals surface area contributed by atoms with E-state index in [-0.39, 0.29) is 30.8 Å². The van der Waals surface area contributed by atoms with Gasteiger partial charge in [0.1, 0.15) is 0 Å². The molecule has 0 radical (unpaired) electrons. The molecule has 0 N–H and O–H groups in total. The lowest BCUT2D eigenvalue weighted by molar-refractivity contribution is -0.137. The van der Waals surface area contributed by atoms with Crippen molar-refractivity contribution in [3.8, 4) is 0 Å². The van der Waals surface area contributed by atoms with E-state index in [0.717, 1.165) is 12.8 Å². The average Bonchev–Trinajstić information content (AvgIpc) is 2.04. The summed E-state index contributed by atoms with van der Waals surface area (Å²) in [4.78, 5) is 10.5. The largest absolute Gasteiger partial charge is 0.463 e. The van der Waals surface area contributed by atoms with Gasteiger partial charge in [-0.05, 0) is 6.42 Å². The summed E-state index contributed by atoms with van der Waals surface area (Å²) in [6.45, 7) is 5.98. The van der Waals surface area contributed by atoms with Gasteiger partial charge in [0.25, 0.3) is 0 Å². The summed E-state index contributed by atoms with van der Waals surface area (Å²) in [5.41, 5.74) is 0. The van der Waals surface area contributed by atoms with E-state index in [0.29, 0.717) is 6.61 Å². The summed E-state index contributed by atoms with van der Waals surface area (Å²) in [7, 11) is 0. The van der Waals surface area contributed by atoms with Crippen LogP contribution >= 0.6 is 24.8 Å². The molecule has 80 valence electrons. The van der Waals surface area contributed by atoms with Crippen LogP contribution in [0.1, 0.15) is 32.6 Å². The third-order valence-electron chi connectivity index (χ3n) is 1.41. The number of hydrogen-bond donors (Lipinski definition) is 0. The fraction of sp³-hybridized carbons (Fsp3) is 0.667. The first kappa shape index (κ1) is 18.5. The molecule has 0 atom stereocenters. The SMILES string of the molecule is C=CC(=O)OCCCCCC.Cl.Cl. The van der Waals surface area contributed by atoms with Crippen LogP contribution in [-0.4, -0.2) is 12.6 Å². The van der Waals surface area contributed by atoms with Gasteiger partial charge >= 0.3 is 5.97 Å². The van der Waals surface area contributed by atoms with E-state index in [4.69, 9.17) is 4.74 Å². The number of rotatable bonds is 6. The summed E-state index contributed by atoms with van der Waals surface area (Å²) >= 11 is 0. The van der Waals surface area contributed by atoms with Crippen molar-refractivity contribution in [1.82, 2.24) is 0 Å². The van der Waals surface area contributed by atoms with Crippen LogP contribution in [-0.2, 0) is 9.53 Å². The Balaban J connectivity index is -0.000000500. The Bertz CT molecular complexity index is 127. The Morgan fingerprint density at radius 3 is 2.38 bits per heavy atom. The minimum atomic E-state index is -0.318. The van der Waals surface area contributed by atoms with Crippen molar-refractivity contribution in [2.24, 2.45) is 0 Å². The van der Waals surface area contributed by atoms with Crippen LogP contribution in [0.15, 0.2) is 12.7 Å². The number of ether oxygens (including phenoxy) is 1. The summed E-state index contributed by atoms with van der Waals surface area (Å²) in [5, 5.41) is 0. The van der Waals surface area contributed by atoms with Gasteiger partial charge in [0.15, 0.2) is 0 Å². The fourth-order valence-electron chi connectivity index (χ4n) is 0.761. The number of carbonyl (C=O) groups excluding carboxylic acids is 1. The van der Waals surface area contributed by atoms with Gasteiger partial charge < -0.3 is 4.74 Å². The molecule has 0 amide bonds. The molecule has 13 heavy (non-hydrogen) atoms. The smallest absolute Gasteiger partial charge is 0.330 e. The Morgan fingerprint density at radius 1 is 1.31 bits per heavy atom. The molecule has 2 nitrogen and oxygen atoms in total. The number of carbonyl (C=O) groups is 1. The van der Waals surface area contributed by atoms with Crippen LogP contribution in [0.3, 0.4) is 0 Å². The number of esters is 1. The zero-order chi connectivity index (χ0) is 8.53. The second-order valence-electron chi connectivity index (χ2n) is 2.43. The van der Waals surface area contributed by atoms with E-state index in [1.54, 1.807) is 0 Å². The highest BCUT2D eigenvalue weighted by Gasteiger charge is 1.93. The highest BCUT2D eigenvalue weighted by Crippen LogP contribution is 1.98. The Kier molecular flexibility index (Phi) is 20.4. The fourth-order valence-corrected chi connectivity index (χ4v) is 0.761. The molecule has 0 saturated heterocycles. The number of halogens is 2. The van der Waals surface area contributed by atoms with E-state index in [1.807, 2.05) is 0 Å². The van der Waals surface area contributed by atoms with Gasteiger partial charge in [0.2, 0.25) is 0 Å². The molecular weight excluding hydrogens is 211 g/mol. The van der Waals surface area contributed by atoms with Crippen LogP contribution in [0.4, 0.5) is 0 Å². The lowest BCUT2D eigenvalue weighted by Crippen LogP contribution is -2.01. The molecular formula is C9H18Cl2O2.